The smallest absolute Gasteiger partial charge is 0.336 e. The number of nitrogens with zero attached hydrogens (tertiary/aromatic N) is 3. The summed E-state index contributed by atoms with van der Waals surface area (Å²) in [5.74, 6) is -1.33. The van der Waals surface area contributed by atoms with Crippen molar-refractivity contribution in [2.24, 2.45) is 0 Å². The van der Waals surface area contributed by atoms with Crippen LogP contribution in [0.2, 0.25) is 0 Å². The number of pyridine rings is 1. The van der Waals surface area contributed by atoms with Crippen molar-refractivity contribution in [1.29, 1.82) is 0 Å². The molecule has 26 heavy (non-hydrogen) atoms. The van der Waals surface area contributed by atoms with Crippen molar-refractivity contribution in [3.8, 4) is 0 Å². The number of aromatic amines is 1. The standard InChI is InChI=1S/C17H14IN5O3/c1-8-14-12(22-21-8)5-10(6-19-14)20-11-4-2-3-9-7-23(15(18)17(25)26)16(24)13(9)11/h2-6,15,20H,7H2,1H3,(H,21,22)(H,25,26). The van der Waals surface area contributed by atoms with Crippen molar-refractivity contribution >= 4 is 56.9 Å². The molecule has 0 fully saturated rings. The van der Waals surface area contributed by atoms with Crippen LogP contribution in [0, 0.1) is 6.92 Å². The molecule has 1 atom stereocenters. The number of aromatic nitrogens is 3. The number of nitrogens with one attached hydrogen (secondary N) is 2. The number of carboxylic acids is 1. The molecule has 1 unspecified atom stereocenters. The average Bonchev–Trinajstić information content (AvgIpc) is 3.15. The number of halogens is 1. The maximum Gasteiger partial charge on any atom is 0.336 e. The summed E-state index contributed by atoms with van der Waals surface area (Å²) in [6.45, 7) is 2.18. The number of anilines is 2. The Morgan fingerprint density at radius 2 is 2.27 bits per heavy atom. The fourth-order valence-electron chi connectivity index (χ4n) is 3.05. The van der Waals surface area contributed by atoms with E-state index < -0.39 is 10.0 Å². The second-order valence-electron chi connectivity index (χ2n) is 6.01. The van der Waals surface area contributed by atoms with Gasteiger partial charge in [-0.2, -0.15) is 5.10 Å². The lowest BCUT2D eigenvalue weighted by atomic mass is 10.1. The van der Waals surface area contributed by atoms with Crippen LogP contribution in [0.25, 0.3) is 11.0 Å². The number of carboxylic acid groups (broad SMARTS) is 1. The number of aliphatic carboxylic acids is 1. The molecular weight excluding hydrogens is 449 g/mol. The Balaban J connectivity index is 1.68. The molecule has 1 amide bonds. The predicted octanol–water partition coefficient (Wildman–Crippen LogP) is 2.81. The number of rotatable bonds is 4. The zero-order valence-electron chi connectivity index (χ0n) is 13.7. The van der Waals surface area contributed by atoms with Crippen molar-refractivity contribution in [1.82, 2.24) is 20.1 Å². The quantitative estimate of drug-likeness (QED) is 0.312. The zero-order chi connectivity index (χ0) is 18.4. The molecule has 1 aromatic carbocycles. The normalized spacial score (nSPS) is 14.5. The van der Waals surface area contributed by atoms with E-state index in [-0.39, 0.29) is 12.5 Å². The van der Waals surface area contributed by atoms with Gasteiger partial charge in [-0.25, -0.2) is 4.79 Å². The second-order valence-corrected chi connectivity index (χ2v) is 7.19. The van der Waals surface area contributed by atoms with Crippen molar-refractivity contribution < 1.29 is 14.7 Å². The third-order valence-electron chi connectivity index (χ3n) is 4.29. The number of alkyl halides is 1. The molecule has 0 spiro atoms. The van der Waals surface area contributed by atoms with Gasteiger partial charge in [-0.05, 0) is 47.2 Å². The van der Waals surface area contributed by atoms with Gasteiger partial charge in [0.15, 0.2) is 4.05 Å². The molecule has 0 saturated carbocycles. The lowest BCUT2D eigenvalue weighted by molar-refractivity contribution is -0.138. The number of benzene rings is 1. The van der Waals surface area contributed by atoms with Gasteiger partial charge in [0.25, 0.3) is 5.91 Å². The molecule has 132 valence electrons. The third-order valence-corrected chi connectivity index (χ3v) is 5.49. The minimum Gasteiger partial charge on any atom is -0.479 e. The van der Waals surface area contributed by atoms with Crippen LogP contribution in [0.15, 0.2) is 30.5 Å². The van der Waals surface area contributed by atoms with Gasteiger partial charge in [0.1, 0.15) is 11.0 Å². The van der Waals surface area contributed by atoms with Crippen LogP contribution in [0.5, 0.6) is 0 Å². The molecule has 0 radical (unpaired) electrons. The molecule has 0 aliphatic carbocycles. The highest BCUT2D eigenvalue weighted by molar-refractivity contribution is 14.1. The van der Waals surface area contributed by atoms with E-state index in [1.165, 1.54) is 4.90 Å². The molecule has 3 aromatic rings. The minimum atomic E-state index is -1.04. The summed E-state index contributed by atoms with van der Waals surface area (Å²) in [4.78, 5) is 29.7. The van der Waals surface area contributed by atoms with E-state index in [1.54, 1.807) is 34.9 Å². The Kier molecular flexibility index (Phi) is 4.02. The zero-order valence-corrected chi connectivity index (χ0v) is 15.8. The summed E-state index contributed by atoms with van der Waals surface area (Å²) in [7, 11) is 0. The van der Waals surface area contributed by atoms with E-state index in [0.29, 0.717) is 16.9 Å². The highest BCUT2D eigenvalue weighted by atomic mass is 127. The fourth-order valence-corrected chi connectivity index (χ4v) is 3.50. The minimum absolute atomic E-state index is 0.277. The molecular formula is C17H14IN5O3. The Bertz CT molecular complexity index is 1050. The lowest BCUT2D eigenvalue weighted by Gasteiger charge is -2.18. The van der Waals surface area contributed by atoms with Crippen LogP contribution in [-0.4, -0.2) is 41.1 Å². The van der Waals surface area contributed by atoms with Gasteiger partial charge in [-0.3, -0.25) is 14.9 Å². The fraction of sp³-hybridized carbons (Fsp3) is 0.176. The summed E-state index contributed by atoms with van der Waals surface area (Å²) in [6, 6.07) is 7.32. The van der Waals surface area contributed by atoms with Crippen molar-refractivity contribution in [3.63, 3.8) is 0 Å². The SMILES string of the molecule is Cc1[nH]nc2cc(Nc3cccc4c3C(=O)N(C(I)C(=O)O)C4)cnc12. The summed E-state index contributed by atoms with van der Waals surface area (Å²) < 4.78 is -0.912. The first-order valence-electron chi connectivity index (χ1n) is 7.83. The van der Waals surface area contributed by atoms with Crippen molar-refractivity contribution in [2.75, 3.05) is 5.32 Å². The number of carbonyl (C=O) groups excluding carboxylic acids is 1. The topological polar surface area (TPSA) is 111 Å². The van der Waals surface area contributed by atoms with E-state index >= 15 is 0 Å². The third kappa shape index (κ3) is 2.68. The second kappa shape index (κ2) is 6.24. The maximum absolute atomic E-state index is 12.8. The summed E-state index contributed by atoms with van der Waals surface area (Å²) in [6.07, 6.45) is 1.68. The van der Waals surface area contributed by atoms with Gasteiger partial charge in [-0.15, -0.1) is 0 Å². The van der Waals surface area contributed by atoms with E-state index in [4.69, 9.17) is 0 Å². The number of fused-ring (bicyclic) bond motifs is 2. The van der Waals surface area contributed by atoms with Crippen LogP contribution >= 0.6 is 22.6 Å². The molecule has 8 nitrogen and oxygen atoms in total. The van der Waals surface area contributed by atoms with Crippen LogP contribution in [0.4, 0.5) is 11.4 Å². The van der Waals surface area contributed by atoms with Gasteiger partial charge < -0.3 is 15.3 Å². The Hall–Kier alpha value is -2.69. The Morgan fingerprint density at radius 3 is 3.04 bits per heavy atom. The molecule has 1 aliphatic rings. The number of carbonyl (C=O) groups is 2. The van der Waals surface area contributed by atoms with Gasteiger partial charge in [-0.1, -0.05) is 12.1 Å². The molecule has 3 heterocycles. The van der Waals surface area contributed by atoms with Crippen LogP contribution < -0.4 is 5.32 Å². The predicted molar refractivity (Wildman–Crippen MR) is 104 cm³/mol. The van der Waals surface area contributed by atoms with Gasteiger partial charge in [0, 0.05) is 6.54 Å². The molecule has 4 rings (SSSR count). The molecule has 0 bridgehead atoms. The monoisotopic (exact) mass is 463 g/mol. The highest BCUT2D eigenvalue weighted by Crippen LogP contribution is 2.33. The lowest BCUT2D eigenvalue weighted by Crippen LogP contribution is -2.36. The first kappa shape index (κ1) is 16.8. The van der Waals surface area contributed by atoms with Crippen molar-refractivity contribution in [3.05, 3.63) is 47.3 Å². The van der Waals surface area contributed by atoms with Gasteiger partial charge in [0.05, 0.1) is 28.8 Å². The Morgan fingerprint density at radius 1 is 1.46 bits per heavy atom. The molecule has 2 aromatic heterocycles. The number of hydrogen-bond donors (Lipinski definition) is 3. The van der Waals surface area contributed by atoms with Crippen molar-refractivity contribution in [2.45, 2.75) is 17.5 Å². The van der Waals surface area contributed by atoms with Crippen LogP contribution in [0.1, 0.15) is 21.6 Å². The maximum atomic E-state index is 12.8. The number of aryl methyl sites for hydroxylation is 1. The number of H-pyrrole nitrogens is 1. The Labute approximate surface area is 161 Å². The first-order valence-corrected chi connectivity index (χ1v) is 9.08. The van der Waals surface area contributed by atoms with E-state index in [0.717, 1.165) is 22.3 Å². The summed E-state index contributed by atoms with van der Waals surface area (Å²) >= 11 is 1.76. The van der Waals surface area contributed by atoms with E-state index in [9.17, 15) is 14.7 Å². The molecule has 0 saturated heterocycles. The van der Waals surface area contributed by atoms with Crippen LogP contribution in [0.3, 0.4) is 0 Å². The largest absolute Gasteiger partial charge is 0.479 e. The first-order chi connectivity index (χ1) is 12.5. The molecule has 1 aliphatic heterocycles. The van der Waals surface area contributed by atoms with E-state index in [2.05, 4.69) is 20.5 Å². The highest BCUT2D eigenvalue weighted by Gasteiger charge is 2.36. The summed E-state index contributed by atoms with van der Waals surface area (Å²) in [5, 5.41) is 19.5. The molecule has 3 N–H and O–H groups in total. The summed E-state index contributed by atoms with van der Waals surface area (Å²) in [5.41, 5.74) is 5.03. The molecule has 9 heteroatoms. The average molecular weight is 463 g/mol. The van der Waals surface area contributed by atoms with Gasteiger partial charge >= 0.3 is 5.97 Å². The number of hydrogen-bond acceptors (Lipinski definition) is 5. The van der Waals surface area contributed by atoms with Gasteiger partial charge in [0.2, 0.25) is 0 Å². The van der Waals surface area contributed by atoms with E-state index in [1.807, 2.05) is 25.1 Å². The van der Waals surface area contributed by atoms with Crippen LogP contribution in [-0.2, 0) is 11.3 Å². The number of amides is 1.